The first-order chi connectivity index (χ1) is 9.99. The fraction of sp³-hybridized carbons (Fsp3) is 0.235. The summed E-state index contributed by atoms with van der Waals surface area (Å²) < 4.78 is 0. The second-order valence-electron chi connectivity index (χ2n) is 5.09. The number of aliphatic hydroxyl groups is 1. The molecule has 1 N–H and O–H groups in total. The highest BCUT2D eigenvalue weighted by Crippen LogP contribution is 2.26. The fourth-order valence-electron chi connectivity index (χ4n) is 2.26. The van der Waals surface area contributed by atoms with E-state index in [0.717, 1.165) is 5.69 Å². The van der Waals surface area contributed by atoms with Gasteiger partial charge in [-0.2, -0.15) is 0 Å². The molecular formula is C17H18ClNO2. The number of ketones is 1. The Balaban J connectivity index is 2.42. The van der Waals surface area contributed by atoms with Crippen LogP contribution in [-0.4, -0.2) is 30.6 Å². The van der Waals surface area contributed by atoms with Gasteiger partial charge in [0.2, 0.25) is 0 Å². The highest BCUT2D eigenvalue weighted by atomic mass is 35.5. The lowest BCUT2D eigenvalue weighted by Crippen LogP contribution is -2.28. The van der Waals surface area contributed by atoms with Crippen molar-refractivity contribution >= 4 is 23.1 Å². The minimum absolute atomic E-state index is 0.0782. The summed E-state index contributed by atoms with van der Waals surface area (Å²) in [7, 11) is 1.84. The lowest BCUT2D eigenvalue weighted by molar-refractivity contribution is 0.103. The van der Waals surface area contributed by atoms with E-state index in [1.807, 2.05) is 30.1 Å². The number of carbonyl (C=O) groups is 1. The molecule has 0 amide bonds. The summed E-state index contributed by atoms with van der Waals surface area (Å²) in [5.74, 6) is -0.0782. The molecular weight excluding hydrogens is 286 g/mol. The Labute approximate surface area is 129 Å². The average molecular weight is 304 g/mol. The zero-order valence-electron chi connectivity index (χ0n) is 12.1. The van der Waals surface area contributed by atoms with Gasteiger partial charge in [0, 0.05) is 35.4 Å². The first kappa shape index (κ1) is 15.5. The van der Waals surface area contributed by atoms with Crippen LogP contribution in [0.2, 0.25) is 5.02 Å². The van der Waals surface area contributed by atoms with Crippen LogP contribution in [0.3, 0.4) is 0 Å². The molecule has 1 atom stereocenters. The molecule has 0 aliphatic heterocycles. The van der Waals surface area contributed by atoms with Gasteiger partial charge in [-0.1, -0.05) is 41.9 Å². The lowest BCUT2D eigenvalue weighted by Gasteiger charge is -2.23. The van der Waals surface area contributed by atoms with Gasteiger partial charge in [0.05, 0.1) is 6.10 Å². The molecule has 2 aromatic rings. The van der Waals surface area contributed by atoms with Crippen molar-refractivity contribution in [2.24, 2.45) is 0 Å². The third-order valence-corrected chi connectivity index (χ3v) is 3.42. The summed E-state index contributed by atoms with van der Waals surface area (Å²) in [6.07, 6.45) is -0.481. The van der Waals surface area contributed by atoms with Gasteiger partial charge < -0.3 is 10.0 Å². The molecule has 21 heavy (non-hydrogen) atoms. The van der Waals surface area contributed by atoms with Crippen LogP contribution in [0.25, 0.3) is 0 Å². The molecule has 3 nitrogen and oxygen atoms in total. The summed E-state index contributed by atoms with van der Waals surface area (Å²) in [4.78, 5) is 14.5. The van der Waals surface area contributed by atoms with Crippen LogP contribution in [0, 0.1) is 0 Å². The summed E-state index contributed by atoms with van der Waals surface area (Å²) in [6.45, 7) is 2.15. The van der Waals surface area contributed by atoms with Crippen LogP contribution < -0.4 is 4.90 Å². The molecule has 110 valence electrons. The summed E-state index contributed by atoms with van der Waals surface area (Å²) in [6, 6.07) is 14.3. The molecule has 0 heterocycles. The molecule has 0 fully saturated rings. The predicted molar refractivity (Wildman–Crippen MR) is 86.3 cm³/mol. The molecule has 0 spiro atoms. The lowest BCUT2D eigenvalue weighted by atomic mass is 10.0. The Morgan fingerprint density at radius 2 is 1.90 bits per heavy atom. The van der Waals surface area contributed by atoms with Gasteiger partial charge in [0.25, 0.3) is 0 Å². The second kappa shape index (κ2) is 6.74. The number of nitrogens with zero attached hydrogens (tertiary/aromatic N) is 1. The standard InChI is InChI=1S/C17H18ClNO2/c1-12(20)11-19(2)16-9-8-14(18)10-15(16)17(21)13-6-4-3-5-7-13/h3-10,12,20H,11H2,1-2H3. The maximum Gasteiger partial charge on any atom is 0.195 e. The largest absolute Gasteiger partial charge is 0.392 e. The van der Waals surface area contributed by atoms with Gasteiger partial charge in [-0.15, -0.1) is 0 Å². The normalized spacial score (nSPS) is 12.0. The van der Waals surface area contributed by atoms with Crippen molar-refractivity contribution in [2.75, 3.05) is 18.5 Å². The minimum Gasteiger partial charge on any atom is -0.392 e. The summed E-state index contributed by atoms with van der Waals surface area (Å²) in [5, 5.41) is 10.0. The van der Waals surface area contributed by atoms with E-state index in [4.69, 9.17) is 11.6 Å². The molecule has 2 rings (SSSR count). The van der Waals surface area contributed by atoms with Gasteiger partial charge >= 0.3 is 0 Å². The first-order valence-electron chi connectivity index (χ1n) is 6.77. The SMILES string of the molecule is CC(O)CN(C)c1ccc(Cl)cc1C(=O)c1ccccc1. The topological polar surface area (TPSA) is 40.5 Å². The van der Waals surface area contributed by atoms with E-state index in [1.54, 1.807) is 37.3 Å². The Morgan fingerprint density at radius 3 is 2.52 bits per heavy atom. The number of aliphatic hydroxyl groups excluding tert-OH is 1. The van der Waals surface area contributed by atoms with Crippen LogP contribution in [0.15, 0.2) is 48.5 Å². The number of anilines is 1. The third-order valence-electron chi connectivity index (χ3n) is 3.19. The second-order valence-corrected chi connectivity index (χ2v) is 5.52. The Hall–Kier alpha value is -1.84. The van der Waals surface area contributed by atoms with Crippen molar-refractivity contribution in [3.05, 3.63) is 64.7 Å². The first-order valence-corrected chi connectivity index (χ1v) is 7.15. The van der Waals surface area contributed by atoms with E-state index >= 15 is 0 Å². The van der Waals surface area contributed by atoms with E-state index in [0.29, 0.717) is 22.7 Å². The van der Waals surface area contributed by atoms with Crippen LogP contribution in [0.1, 0.15) is 22.8 Å². The maximum absolute atomic E-state index is 12.7. The molecule has 0 aromatic heterocycles. The van der Waals surface area contributed by atoms with E-state index in [1.165, 1.54) is 0 Å². The van der Waals surface area contributed by atoms with Crippen molar-refractivity contribution in [1.82, 2.24) is 0 Å². The van der Waals surface area contributed by atoms with Crippen molar-refractivity contribution in [3.8, 4) is 0 Å². The monoisotopic (exact) mass is 303 g/mol. The van der Waals surface area contributed by atoms with Gasteiger partial charge in [-0.05, 0) is 25.1 Å². The summed E-state index contributed by atoms with van der Waals surface area (Å²) >= 11 is 6.04. The van der Waals surface area contributed by atoms with E-state index in [-0.39, 0.29) is 5.78 Å². The van der Waals surface area contributed by atoms with Gasteiger partial charge in [-0.3, -0.25) is 4.79 Å². The highest BCUT2D eigenvalue weighted by Gasteiger charge is 2.17. The number of hydrogen-bond donors (Lipinski definition) is 1. The number of halogens is 1. The molecule has 1 unspecified atom stereocenters. The number of carbonyl (C=O) groups excluding carboxylic acids is 1. The van der Waals surface area contributed by atoms with E-state index < -0.39 is 6.10 Å². The van der Waals surface area contributed by atoms with Crippen LogP contribution in [0.4, 0.5) is 5.69 Å². The molecule has 2 aromatic carbocycles. The van der Waals surface area contributed by atoms with E-state index in [9.17, 15) is 9.90 Å². The van der Waals surface area contributed by atoms with Crippen LogP contribution in [0.5, 0.6) is 0 Å². The quantitative estimate of drug-likeness (QED) is 0.861. The van der Waals surface area contributed by atoms with Gasteiger partial charge in [0.15, 0.2) is 5.78 Å². The number of likely N-dealkylation sites (N-methyl/N-ethyl adjacent to an activating group) is 1. The molecule has 0 aliphatic rings. The Bertz CT molecular complexity index is 626. The van der Waals surface area contributed by atoms with Gasteiger partial charge in [-0.25, -0.2) is 0 Å². The van der Waals surface area contributed by atoms with Crippen molar-refractivity contribution in [2.45, 2.75) is 13.0 Å². The highest BCUT2D eigenvalue weighted by molar-refractivity contribution is 6.31. The Morgan fingerprint density at radius 1 is 1.24 bits per heavy atom. The fourth-order valence-corrected chi connectivity index (χ4v) is 2.43. The summed E-state index contributed by atoms with van der Waals surface area (Å²) in [5.41, 5.74) is 1.91. The zero-order valence-corrected chi connectivity index (χ0v) is 12.8. The Kier molecular flexibility index (Phi) is 4.99. The van der Waals surface area contributed by atoms with Crippen LogP contribution in [-0.2, 0) is 0 Å². The third kappa shape index (κ3) is 3.84. The van der Waals surface area contributed by atoms with Crippen molar-refractivity contribution < 1.29 is 9.90 Å². The molecule has 0 radical (unpaired) electrons. The number of rotatable bonds is 5. The number of hydrogen-bond acceptors (Lipinski definition) is 3. The molecule has 0 aliphatic carbocycles. The number of benzene rings is 2. The van der Waals surface area contributed by atoms with Crippen LogP contribution >= 0.6 is 11.6 Å². The smallest absolute Gasteiger partial charge is 0.195 e. The maximum atomic E-state index is 12.7. The van der Waals surface area contributed by atoms with Crippen molar-refractivity contribution in [1.29, 1.82) is 0 Å². The van der Waals surface area contributed by atoms with E-state index in [2.05, 4.69) is 0 Å². The molecule has 0 saturated carbocycles. The predicted octanol–water partition coefficient (Wildman–Crippen LogP) is 3.39. The molecule has 4 heteroatoms. The molecule has 0 saturated heterocycles. The zero-order chi connectivity index (χ0) is 15.4. The molecule has 0 bridgehead atoms. The van der Waals surface area contributed by atoms with Crippen molar-refractivity contribution in [3.63, 3.8) is 0 Å². The minimum atomic E-state index is -0.481. The van der Waals surface area contributed by atoms with Gasteiger partial charge in [0.1, 0.15) is 0 Å². The average Bonchev–Trinajstić information content (AvgIpc) is 2.46.